The number of ether oxygens (including phenoxy) is 1. The van der Waals surface area contributed by atoms with Crippen molar-refractivity contribution in [3.63, 3.8) is 0 Å². The number of unbranched alkanes of at least 4 members (excludes halogenated alkanes) is 1. The molecule has 0 saturated heterocycles. The maximum atomic E-state index is 13.3. The molecule has 2 atom stereocenters. The topological polar surface area (TPSA) is 43.4 Å². The molecule has 0 aliphatic rings. The van der Waals surface area contributed by atoms with Crippen LogP contribution >= 0.6 is 0 Å². The van der Waals surface area contributed by atoms with Gasteiger partial charge in [0.15, 0.2) is 0 Å². The predicted octanol–water partition coefficient (Wildman–Crippen LogP) is 6.59. The van der Waals surface area contributed by atoms with Crippen LogP contribution in [0, 0.1) is 11.8 Å². The molecule has 3 heteroatoms. The smallest absolute Gasteiger partial charge is 0.306 e. The van der Waals surface area contributed by atoms with Crippen molar-refractivity contribution in [2.75, 3.05) is 6.61 Å². The van der Waals surface area contributed by atoms with Crippen molar-refractivity contribution < 1.29 is 14.3 Å². The van der Waals surface area contributed by atoms with Crippen LogP contribution in [0.2, 0.25) is 0 Å². The van der Waals surface area contributed by atoms with Crippen molar-refractivity contribution in [2.45, 2.75) is 71.6 Å². The number of rotatable bonds is 15. The Bertz CT molecular complexity index is 754. The van der Waals surface area contributed by atoms with Crippen molar-refractivity contribution in [2.24, 2.45) is 11.8 Å². The second-order valence-electron chi connectivity index (χ2n) is 8.43. The Morgan fingerprint density at radius 1 is 0.774 bits per heavy atom. The molecule has 0 bridgehead atoms. The fraction of sp³-hybridized carbons (Fsp3) is 0.500. The summed E-state index contributed by atoms with van der Waals surface area (Å²) in [6.45, 7) is 4.36. The first kappa shape index (κ1) is 24.8. The van der Waals surface area contributed by atoms with Gasteiger partial charge in [-0.2, -0.15) is 0 Å². The number of hydrogen-bond donors (Lipinski definition) is 0. The minimum atomic E-state index is -0.264. The molecule has 0 fully saturated rings. The van der Waals surface area contributed by atoms with E-state index in [9.17, 15) is 9.59 Å². The number of carbonyl (C=O) groups is 2. The zero-order chi connectivity index (χ0) is 22.3. The van der Waals surface area contributed by atoms with Gasteiger partial charge in [-0.25, -0.2) is 0 Å². The Morgan fingerprint density at radius 3 is 1.90 bits per heavy atom. The molecular weight excluding hydrogens is 384 g/mol. The van der Waals surface area contributed by atoms with E-state index in [0.717, 1.165) is 38.5 Å². The van der Waals surface area contributed by atoms with Gasteiger partial charge in [-0.3, -0.25) is 9.59 Å². The van der Waals surface area contributed by atoms with Crippen molar-refractivity contribution in [1.29, 1.82) is 0 Å². The van der Waals surface area contributed by atoms with E-state index in [0.29, 0.717) is 25.4 Å². The number of carbonyl (C=O) groups excluding carboxylic acids is 2. The number of benzene rings is 2. The molecule has 0 aromatic heterocycles. The zero-order valence-corrected chi connectivity index (χ0v) is 19.2. The van der Waals surface area contributed by atoms with Crippen LogP contribution in [-0.2, 0) is 27.2 Å². The van der Waals surface area contributed by atoms with Crippen LogP contribution in [-0.4, -0.2) is 18.4 Å². The largest absolute Gasteiger partial charge is 0.466 e. The first-order valence-electron chi connectivity index (χ1n) is 11.9. The summed E-state index contributed by atoms with van der Waals surface area (Å²) in [4.78, 5) is 25.4. The molecule has 0 aliphatic carbocycles. The van der Waals surface area contributed by atoms with Gasteiger partial charge in [0.05, 0.1) is 13.0 Å². The molecule has 2 aromatic rings. The second-order valence-corrected chi connectivity index (χ2v) is 8.43. The standard InChI is InChI=1S/C28H38O3/c1-3-5-12-25(18-17-23-13-8-6-9-14-23)21-27(29)26(22-28(30)31-4-2)20-19-24-15-10-7-11-16-24/h6-11,13-16,25-26H,3-5,12,17-22H2,1-2H3. The van der Waals surface area contributed by atoms with E-state index in [1.165, 1.54) is 11.1 Å². The van der Waals surface area contributed by atoms with Gasteiger partial charge in [0, 0.05) is 12.3 Å². The normalized spacial score (nSPS) is 12.8. The number of hydrogen-bond acceptors (Lipinski definition) is 3. The van der Waals surface area contributed by atoms with E-state index in [-0.39, 0.29) is 24.1 Å². The molecule has 2 unspecified atom stereocenters. The second kappa shape index (κ2) is 14.6. The molecule has 0 heterocycles. The van der Waals surface area contributed by atoms with Gasteiger partial charge in [-0.1, -0.05) is 86.8 Å². The van der Waals surface area contributed by atoms with Crippen molar-refractivity contribution in [1.82, 2.24) is 0 Å². The molecule has 0 saturated carbocycles. The van der Waals surface area contributed by atoms with Crippen LogP contribution in [0.3, 0.4) is 0 Å². The zero-order valence-electron chi connectivity index (χ0n) is 19.2. The van der Waals surface area contributed by atoms with Crippen LogP contribution in [0.4, 0.5) is 0 Å². The van der Waals surface area contributed by atoms with E-state index in [4.69, 9.17) is 4.74 Å². The summed E-state index contributed by atoms with van der Waals surface area (Å²) in [5.41, 5.74) is 2.53. The summed E-state index contributed by atoms with van der Waals surface area (Å²) in [7, 11) is 0. The van der Waals surface area contributed by atoms with Crippen LogP contribution in [0.25, 0.3) is 0 Å². The molecule has 0 aliphatic heterocycles. The summed E-state index contributed by atoms with van der Waals surface area (Å²) < 4.78 is 5.16. The summed E-state index contributed by atoms with van der Waals surface area (Å²) >= 11 is 0. The highest BCUT2D eigenvalue weighted by molar-refractivity contribution is 5.85. The molecule has 0 amide bonds. The molecule has 31 heavy (non-hydrogen) atoms. The van der Waals surface area contributed by atoms with Crippen LogP contribution in [0.1, 0.15) is 69.9 Å². The molecule has 3 nitrogen and oxygen atoms in total. The average molecular weight is 423 g/mol. The van der Waals surface area contributed by atoms with Crippen LogP contribution in [0.15, 0.2) is 60.7 Å². The Labute approximate surface area is 188 Å². The molecule has 0 spiro atoms. The fourth-order valence-electron chi connectivity index (χ4n) is 4.09. The van der Waals surface area contributed by atoms with E-state index in [1.54, 1.807) is 0 Å². The van der Waals surface area contributed by atoms with Crippen molar-refractivity contribution in [3.05, 3.63) is 71.8 Å². The van der Waals surface area contributed by atoms with Gasteiger partial charge in [-0.15, -0.1) is 0 Å². The molecule has 2 aromatic carbocycles. The number of ketones is 1. The Balaban J connectivity index is 2.00. The van der Waals surface area contributed by atoms with Gasteiger partial charge >= 0.3 is 5.97 Å². The van der Waals surface area contributed by atoms with Crippen molar-refractivity contribution >= 4 is 11.8 Å². The number of esters is 1. The molecule has 2 rings (SSSR count). The monoisotopic (exact) mass is 422 g/mol. The summed E-state index contributed by atoms with van der Waals surface area (Å²) in [6.07, 6.45) is 7.61. The molecule has 168 valence electrons. The van der Waals surface area contributed by atoms with Gasteiger partial charge in [-0.05, 0) is 49.7 Å². The van der Waals surface area contributed by atoms with Gasteiger partial charge in [0.2, 0.25) is 0 Å². The quantitative estimate of drug-likeness (QED) is 0.304. The minimum Gasteiger partial charge on any atom is -0.466 e. The minimum absolute atomic E-state index is 0.193. The van der Waals surface area contributed by atoms with Gasteiger partial charge < -0.3 is 4.74 Å². The lowest BCUT2D eigenvalue weighted by Crippen LogP contribution is -2.23. The van der Waals surface area contributed by atoms with E-state index in [1.807, 2.05) is 31.2 Å². The Hall–Kier alpha value is -2.42. The number of aryl methyl sites for hydroxylation is 2. The third kappa shape index (κ3) is 9.95. The third-order valence-electron chi connectivity index (χ3n) is 5.94. The van der Waals surface area contributed by atoms with Crippen LogP contribution < -0.4 is 0 Å². The molecule has 0 N–H and O–H groups in total. The first-order chi connectivity index (χ1) is 15.1. The lowest BCUT2D eigenvalue weighted by Gasteiger charge is -2.20. The Morgan fingerprint density at radius 2 is 1.35 bits per heavy atom. The summed E-state index contributed by atoms with van der Waals surface area (Å²) in [6, 6.07) is 20.7. The maximum absolute atomic E-state index is 13.3. The lowest BCUT2D eigenvalue weighted by molar-refractivity contribution is -0.146. The molecule has 0 radical (unpaired) electrons. The highest BCUT2D eigenvalue weighted by Gasteiger charge is 2.25. The highest BCUT2D eigenvalue weighted by Crippen LogP contribution is 2.25. The van der Waals surface area contributed by atoms with E-state index < -0.39 is 0 Å². The summed E-state index contributed by atoms with van der Waals surface area (Å²) in [5.74, 6) is 0.0654. The molecular formula is C28H38O3. The van der Waals surface area contributed by atoms with Gasteiger partial charge in [0.25, 0.3) is 0 Å². The van der Waals surface area contributed by atoms with E-state index in [2.05, 4.69) is 43.3 Å². The highest BCUT2D eigenvalue weighted by atomic mass is 16.5. The third-order valence-corrected chi connectivity index (χ3v) is 5.94. The lowest BCUT2D eigenvalue weighted by atomic mass is 9.84. The predicted molar refractivity (Wildman–Crippen MR) is 127 cm³/mol. The van der Waals surface area contributed by atoms with E-state index >= 15 is 0 Å². The summed E-state index contributed by atoms with van der Waals surface area (Å²) in [5, 5.41) is 0. The Kier molecular flexibility index (Phi) is 11.7. The SMILES string of the molecule is CCCCC(CCc1ccccc1)CC(=O)C(CCc1ccccc1)CC(=O)OCC. The van der Waals surface area contributed by atoms with Gasteiger partial charge in [0.1, 0.15) is 5.78 Å². The first-order valence-corrected chi connectivity index (χ1v) is 11.9. The number of Topliss-reactive ketones (excluding diaryl/α,β-unsaturated/α-hetero) is 1. The van der Waals surface area contributed by atoms with Crippen molar-refractivity contribution in [3.8, 4) is 0 Å². The fourth-order valence-corrected chi connectivity index (χ4v) is 4.09. The maximum Gasteiger partial charge on any atom is 0.306 e. The van der Waals surface area contributed by atoms with Crippen LogP contribution in [0.5, 0.6) is 0 Å². The average Bonchev–Trinajstić information content (AvgIpc) is 2.79.